The first-order chi connectivity index (χ1) is 7.69. The van der Waals surface area contributed by atoms with Crippen LogP contribution in [0.15, 0.2) is 18.2 Å². The van der Waals surface area contributed by atoms with E-state index < -0.39 is 0 Å². The van der Waals surface area contributed by atoms with Gasteiger partial charge in [0.05, 0.1) is 0 Å². The molecule has 0 spiro atoms. The number of alkyl halides is 1. The van der Waals surface area contributed by atoms with Gasteiger partial charge in [-0.1, -0.05) is 28.1 Å². The summed E-state index contributed by atoms with van der Waals surface area (Å²) in [5, 5.41) is 0.918. The van der Waals surface area contributed by atoms with Gasteiger partial charge in [-0.2, -0.15) is 0 Å². The Morgan fingerprint density at radius 2 is 2.12 bits per heavy atom. The van der Waals surface area contributed by atoms with Gasteiger partial charge in [0.2, 0.25) is 0 Å². The lowest BCUT2D eigenvalue weighted by molar-refractivity contribution is 0.196. The molecule has 0 atom stereocenters. The number of halogens is 1. The summed E-state index contributed by atoms with van der Waals surface area (Å²) in [6.45, 7) is 4.01. The normalized spacial score (nSPS) is 10.5. The predicted octanol–water partition coefficient (Wildman–Crippen LogP) is 3.36. The van der Waals surface area contributed by atoms with Crippen molar-refractivity contribution in [2.45, 2.75) is 18.7 Å². The van der Waals surface area contributed by atoms with Crippen molar-refractivity contribution in [2.24, 2.45) is 0 Å². The number of anilines is 1. The van der Waals surface area contributed by atoms with Crippen LogP contribution < -0.4 is 4.90 Å². The second-order valence-corrected chi connectivity index (χ2v) is 4.58. The summed E-state index contributed by atoms with van der Waals surface area (Å²) < 4.78 is 5.06. The van der Waals surface area contributed by atoms with Crippen LogP contribution in [0.3, 0.4) is 0 Å². The molecule has 0 radical (unpaired) electrons. The zero-order valence-electron chi connectivity index (χ0n) is 10.3. The van der Waals surface area contributed by atoms with Crippen LogP contribution in [0.4, 0.5) is 5.69 Å². The van der Waals surface area contributed by atoms with Gasteiger partial charge in [-0.25, -0.2) is 0 Å². The summed E-state index contributed by atoms with van der Waals surface area (Å²) in [5.74, 6) is 0. The summed E-state index contributed by atoms with van der Waals surface area (Å²) in [4.78, 5) is 2.28. The fraction of sp³-hybridized carbons (Fsp3) is 0.538. The lowest BCUT2D eigenvalue weighted by Gasteiger charge is -2.21. The van der Waals surface area contributed by atoms with Crippen molar-refractivity contribution >= 4 is 21.6 Å². The number of benzene rings is 1. The van der Waals surface area contributed by atoms with Gasteiger partial charge in [0.25, 0.3) is 0 Å². The smallest absolute Gasteiger partial charge is 0.0479 e. The van der Waals surface area contributed by atoms with E-state index in [0.29, 0.717) is 0 Å². The molecule has 0 bridgehead atoms. The van der Waals surface area contributed by atoms with Crippen LogP contribution in [0.1, 0.15) is 17.5 Å². The number of nitrogens with zero attached hydrogens (tertiary/aromatic N) is 1. The van der Waals surface area contributed by atoms with Crippen LogP contribution in [-0.4, -0.2) is 27.3 Å². The second-order valence-electron chi connectivity index (χ2n) is 4.02. The van der Waals surface area contributed by atoms with Crippen molar-refractivity contribution in [1.82, 2.24) is 0 Å². The van der Waals surface area contributed by atoms with Gasteiger partial charge in [-0.15, -0.1) is 0 Å². The number of hydrogen-bond donors (Lipinski definition) is 0. The first-order valence-electron chi connectivity index (χ1n) is 5.54. The van der Waals surface area contributed by atoms with Gasteiger partial charge in [0, 0.05) is 38.3 Å². The topological polar surface area (TPSA) is 12.5 Å². The molecule has 90 valence electrons. The average molecular weight is 286 g/mol. The molecule has 16 heavy (non-hydrogen) atoms. The minimum atomic E-state index is 0.822. The van der Waals surface area contributed by atoms with Gasteiger partial charge in [-0.05, 0) is 30.5 Å². The molecule has 1 aromatic carbocycles. The monoisotopic (exact) mass is 285 g/mol. The molecule has 0 unspecified atom stereocenters. The van der Waals surface area contributed by atoms with Crippen molar-refractivity contribution in [3.63, 3.8) is 0 Å². The molecule has 0 heterocycles. The highest BCUT2D eigenvalue weighted by Gasteiger charge is 2.04. The van der Waals surface area contributed by atoms with Crippen LogP contribution in [-0.2, 0) is 10.1 Å². The number of ether oxygens (including phenoxy) is 1. The van der Waals surface area contributed by atoms with E-state index in [9.17, 15) is 0 Å². The third-order valence-electron chi connectivity index (χ3n) is 2.67. The Kier molecular flexibility index (Phi) is 5.85. The lowest BCUT2D eigenvalue weighted by atomic mass is 10.1. The van der Waals surface area contributed by atoms with Crippen LogP contribution in [0.5, 0.6) is 0 Å². The van der Waals surface area contributed by atoms with Crippen molar-refractivity contribution in [3.8, 4) is 0 Å². The van der Waals surface area contributed by atoms with Gasteiger partial charge in [-0.3, -0.25) is 0 Å². The van der Waals surface area contributed by atoms with E-state index in [0.717, 1.165) is 24.9 Å². The summed E-state index contributed by atoms with van der Waals surface area (Å²) in [6, 6.07) is 6.60. The van der Waals surface area contributed by atoms with Crippen LogP contribution >= 0.6 is 15.9 Å². The fourth-order valence-electron chi connectivity index (χ4n) is 1.80. The molecular weight excluding hydrogens is 266 g/mol. The number of rotatable bonds is 6. The van der Waals surface area contributed by atoms with Crippen molar-refractivity contribution in [2.75, 3.05) is 32.2 Å². The van der Waals surface area contributed by atoms with E-state index in [1.165, 1.54) is 16.8 Å². The van der Waals surface area contributed by atoms with E-state index in [1.54, 1.807) is 7.11 Å². The fourth-order valence-corrected chi connectivity index (χ4v) is 2.14. The minimum Gasteiger partial charge on any atom is -0.385 e. The number of methoxy groups -OCH3 is 1. The first-order valence-corrected chi connectivity index (χ1v) is 6.66. The molecule has 0 N–H and O–H groups in total. The molecule has 0 aliphatic heterocycles. The van der Waals surface area contributed by atoms with Crippen LogP contribution in [0.25, 0.3) is 0 Å². The molecule has 1 aromatic rings. The number of aryl methyl sites for hydroxylation is 1. The molecule has 0 aliphatic rings. The second kappa shape index (κ2) is 6.92. The zero-order chi connectivity index (χ0) is 12.0. The van der Waals surface area contributed by atoms with Gasteiger partial charge in [0.15, 0.2) is 0 Å². The standard InChI is InChI=1S/C13H20BrNO/c1-11-9-12(10-14)5-6-13(11)15(2)7-4-8-16-3/h5-6,9H,4,7-8,10H2,1-3H3. The van der Waals surface area contributed by atoms with Gasteiger partial charge >= 0.3 is 0 Å². The molecule has 0 aromatic heterocycles. The molecule has 0 saturated heterocycles. The maximum Gasteiger partial charge on any atom is 0.0479 e. The molecular formula is C13H20BrNO. The summed E-state index contributed by atoms with van der Waals surface area (Å²) in [7, 11) is 3.88. The molecule has 0 fully saturated rings. The molecule has 0 amide bonds. The van der Waals surface area contributed by atoms with Crippen molar-refractivity contribution < 1.29 is 4.74 Å². The van der Waals surface area contributed by atoms with Crippen molar-refractivity contribution in [3.05, 3.63) is 29.3 Å². The van der Waals surface area contributed by atoms with Gasteiger partial charge < -0.3 is 9.64 Å². The molecule has 0 aliphatic carbocycles. The zero-order valence-corrected chi connectivity index (χ0v) is 11.9. The third kappa shape index (κ3) is 3.80. The van der Waals surface area contributed by atoms with E-state index in [-0.39, 0.29) is 0 Å². The summed E-state index contributed by atoms with van der Waals surface area (Å²) >= 11 is 3.47. The first kappa shape index (κ1) is 13.5. The van der Waals surface area contributed by atoms with Crippen molar-refractivity contribution in [1.29, 1.82) is 0 Å². The molecule has 0 saturated carbocycles. The average Bonchev–Trinajstić information content (AvgIpc) is 2.29. The Labute approximate surface area is 107 Å². The largest absolute Gasteiger partial charge is 0.385 e. The maximum atomic E-state index is 5.06. The molecule has 1 rings (SSSR count). The lowest BCUT2D eigenvalue weighted by Crippen LogP contribution is -2.20. The van der Waals surface area contributed by atoms with E-state index in [1.807, 2.05) is 0 Å². The van der Waals surface area contributed by atoms with Crippen LogP contribution in [0, 0.1) is 6.92 Å². The van der Waals surface area contributed by atoms with E-state index in [4.69, 9.17) is 4.74 Å². The Balaban J connectivity index is 2.64. The minimum absolute atomic E-state index is 0.822. The Morgan fingerprint density at radius 3 is 2.69 bits per heavy atom. The quantitative estimate of drug-likeness (QED) is 0.587. The molecule has 3 heteroatoms. The maximum absolute atomic E-state index is 5.06. The van der Waals surface area contributed by atoms with Gasteiger partial charge in [0.1, 0.15) is 0 Å². The highest BCUT2D eigenvalue weighted by atomic mass is 79.9. The SMILES string of the molecule is COCCCN(C)c1ccc(CBr)cc1C. The molecule has 2 nitrogen and oxygen atoms in total. The van der Waals surface area contributed by atoms with E-state index in [2.05, 4.69) is 53.0 Å². The Morgan fingerprint density at radius 1 is 1.38 bits per heavy atom. The summed E-state index contributed by atoms with van der Waals surface area (Å²) in [5.41, 5.74) is 3.96. The highest BCUT2D eigenvalue weighted by Crippen LogP contribution is 2.21. The number of hydrogen-bond acceptors (Lipinski definition) is 2. The van der Waals surface area contributed by atoms with Crippen LogP contribution in [0.2, 0.25) is 0 Å². The predicted molar refractivity (Wildman–Crippen MR) is 73.6 cm³/mol. The van der Waals surface area contributed by atoms with E-state index >= 15 is 0 Å². The highest BCUT2D eigenvalue weighted by molar-refractivity contribution is 9.08. The Bertz CT molecular complexity index is 328. The summed E-state index contributed by atoms with van der Waals surface area (Å²) in [6.07, 6.45) is 1.06. The third-order valence-corrected chi connectivity index (χ3v) is 3.32. The Hall–Kier alpha value is -0.540.